The molecule has 1 amide bonds. The van der Waals surface area contributed by atoms with Crippen LogP contribution in [0.3, 0.4) is 0 Å². The molecule has 0 aromatic heterocycles. The van der Waals surface area contributed by atoms with E-state index in [1.807, 2.05) is 48.5 Å². The number of benzene rings is 2. The third-order valence-electron chi connectivity index (χ3n) is 3.71. The molecule has 1 fully saturated rings. The Balaban J connectivity index is 1.49. The van der Waals surface area contributed by atoms with Gasteiger partial charge < -0.3 is 14.8 Å². The van der Waals surface area contributed by atoms with E-state index in [0.29, 0.717) is 6.54 Å². The largest absolute Gasteiger partial charge is 0.445 e. The SMILES string of the molecule is O=C(NCC(c1ccccc1)C1CO1)OCc1ccccc1. The predicted molar refractivity (Wildman–Crippen MR) is 83.6 cm³/mol. The normalized spacial score (nSPS) is 17.5. The predicted octanol–water partition coefficient (Wildman–Crippen LogP) is 3.10. The molecule has 2 unspecified atom stereocenters. The van der Waals surface area contributed by atoms with Gasteiger partial charge in [-0.05, 0) is 11.1 Å². The number of carbonyl (C=O) groups is 1. The monoisotopic (exact) mass is 297 g/mol. The van der Waals surface area contributed by atoms with E-state index in [9.17, 15) is 4.79 Å². The van der Waals surface area contributed by atoms with Gasteiger partial charge >= 0.3 is 6.09 Å². The molecule has 0 aliphatic carbocycles. The quantitative estimate of drug-likeness (QED) is 0.834. The minimum atomic E-state index is -0.398. The first-order valence-electron chi connectivity index (χ1n) is 7.44. The van der Waals surface area contributed by atoms with Crippen molar-refractivity contribution < 1.29 is 14.3 Å². The van der Waals surface area contributed by atoms with E-state index in [1.165, 1.54) is 5.56 Å². The summed E-state index contributed by atoms with van der Waals surface area (Å²) in [4.78, 5) is 11.8. The summed E-state index contributed by atoms with van der Waals surface area (Å²) in [6.45, 7) is 1.55. The van der Waals surface area contributed by atoms with E-state index in [0.717, 1.165) is 12.2 Å². The summed E-state index contributed by atoms with van der Waals surface area (Å²) in [5.41, 5.74) is 2.15. The first kappa shape index (κ1) is 14.6. The highest BCUT2D eigenvalue weighted by Crippen LogP contribution is 2.29. The highest BCUT2D eigenvalue weighted by molar-refractivity contribution is 5.67. The molecule has 22 heavy (non-hydrogen) atoms. The van der Waals surface area contributed by atoms with Crippen LogP contribution in [-0.4, -0.2) is 25.3 Å². The summed E-state index contributed by atoms with van der Waals surface area (Å²) >= 11 is 0. The highest BCUT2D eigenvalue weighted by Gasteiger charge is 2.33. The Bertz CT molecular complexity index is 596. The maximum Gasteiger partial charge on any atom is 0.407 e. The Morgan fingerprint density at radius 1 is 1.14 bits per heavy atom. The molecule has 114 valence electrons. The molecule has 1 aliphatic rings. The summed E-state index contributed by atoms with van der Waals surface area (Å²) in [7, 11) is 0. The van der Waals surface area contributed by atoms with Crippen LogP contribution < -0.4 is 5.32 Å². The summed E-state index contributed by atoms with van der Waals surface area (Å²) in [5, 5.41) is 2.83. The van der Waals surface area contributed by atoms with Crippen molar-refractivity contribution in [3.05, 3.63) is 71.8 Å². The lowest BCUT2D eigenvalue weighted by Crippen LogP contribution is -2.30. The summed E-state index contributed by atoms with van der Waals surface area (Å²) in [5.74, 6) is 0.172. The van der Waals surface area contributed by atoms with Crippen molar-refractivity contribution in [1.82, 2.24) is 5.32 Å². The van der Waals surface area contributed by atoms with Crippen LogP contribution in [0.2, 0.25) is 0 Å². The van der Waals surface area contributed by atoms with Gasteiger partial charge in [0, 0.05) is 12.5 Å². The number of rotatable bonds is 6. The van der Waals surface area contributed by atoms with Crippen molar-refractivity contribution in [3.8, 4) is 0 Å². The van der Waals surface area contributed by atoms with Crippen LogP contribution in [0.1, 0.15) is 17.0 Å². The van der Waals surface area contributed by atoms with Crippen LogP contribution in [0.5, 0.6) is 0 Å². The summed E-state index contributed by atoms with van der Waals surface area (Å²) in [6, 6.07) is 19.7. The molecule has 1 N–H and O–H groups in total. The van der Waals surface area contributed by atoms with E-state index >= 15 is 0 Å². The number of hydrogen-bond donors (Lipinski definition) is 1. The topological polar surface area (TPSA) is 50.9 Å². The van der Waals surface area contributed by atoms with Crippen molar-refractivity contribution in [2.75, 3.05) is 13.2 Å². The van der Waals surface area contributed by atoms with Gasteiger partial charge in [0.1, 0.15) is 6.61 Å². The van der Waals surface area contributed by atoms with Gasteiger partial charge in [0.2, 0.25) is 0 Å². The Labute approximate surface area is 130 Å². The second-order valence-electron chi connectivity index (χ2n) is 5.33. The van der Waals surface area contributed by atoms with E-state index in [4.69, 9.17) is 9.47 Å². The van der Waals surface area contributed by atoms with Crippen molar-refractivity contribution >= 4 is 6.09 Å². The Kier molecular flexibility index (Phi) is 4.71. The van der Waals surface area contributed by atoms with Crippen LogP contribution in [0.25, 0.3) is 0 Å². The fraction of sp³-hybridized carbons (Fsp3) is 0.278. The molecule has 2 aromatic carbocycles. The van der Waals surface area contributed by atoms with Crippen LogP contribution in [0, 0.1) is 0 Å². The number of amides is 1. The Morgan fingerprint density at radius 2 is 1.77 bits per heavy atom. The number of nitrogens with one attached hydrogen (secondary N) is 1. The van der Waals surface area contributed by atoms with Crippen molar-refractivity contribution in [3.63, 3.8) is 0 Å². The molecule has 0 radical (unpaired) electrons. The van der Waals surface area contributed by atoms with Gasteiger partial charge in [0.15, 0.2) is 0 Å². The smallest absolute Gasteiger partial charge is 0.407 e. The zero-order chi connectivity index (χ0) is 15.2. The highest BCUT2D eigenvalue weighted by atomic mass is 16.6. The first-order valence-corrected chi connectivity index (χ1v) is 7.44. The van der Waals surface area contributed by atoms with Gasteiger partial charge in [0.25, 0.3) is 0 Å². The standard InChI is InChI=1S/C18H19NO3/c20-18(22-12-14-7-3-1-4-8-14)19-11-16(17-13-21-17)15-9-5-2-6-10-15/h1-10,16-17H,11-13H2,(H,19,20). The lowest BCUT2D eigenvalue weighted by Gasteiger charge is -2.16. The van der Waals surface area contributed by atoms with Crippen molar-refractivity contribution in [2.45, 2.75) is 18.6 Å². The van der Waals surface area contributed by atoms with Crippen LogP contribution in [0.4, 0.5) is 4.79 Å². The number of alkyl carbamates (subject to hydrolysis) is 1. The van der Waals surface area contributed by atoms with Gasteiger partial charge in [-0.15, -0.1) is 0 Å². The number of ether oxygens (including phenoxy) is 2. The number of carbonyl (C=O) groups excluding carboxylic acids is 1. The summed E-state index contributed by atoms with van der Waals surface area (Å²) < 4.78 is 10.6. The minimum Gasteiger partial charge on any atom is -0.445 e. The lowest BCUT2D eigenvalue weighted by molar-refractivity contribution is 0.138. The molecule has 4 heteroatoms. The Morgan fingerprint density at radius 3 is 2.41 bits per heavy atom. The second kappa shape index (κ2) is 7.09. The summed E-state index contributed by atoms with van der Waals surface area (Å²) in [6.07, 6.45) is -0.206. The molecule has 0 bridgehead atoms. The minimum absolute atomic E-state index is 0.172. The molecule has 0 spiro atoms. The van der Waals surface area contributed by atoms with Gasteiger partial charge in [-0.25, -0.2) is 4.79 Å². The molecule has 2 atom stereocenters. The van der Waals surface area contributed by atoms with Crippen LogP contribution in [-0.2, 0) is 16.1 Å². The fourth-order valence-corrected chi connectivity index (χ4v) is 2.42. The molecule has 1 saturated heterocycles. The molecule has 1 aliphatic heterocycles. The maximum atomic E-state index is 11.8. The first-order chi connectivity index (χ1) is 10.8. The van der Waals surface area contributed by atoms with Crippen LogP contribution >= 0.6 is 0 Å². The maximum absolute atomic E-state index is 11.8. The third-order valence-corrected chi connectivity index (χ3v) is 3.71. The van der Waals surface area contributed by atoms with Gasteiger partial charge in [-0.1, -0.05) is 60.7 Å². The zero-order valence-corrected chi connectivity index (χ0v) is 12.3. The average molecular weight is 297 g/mol. The molecule has 3 rings (SSSR count). The molecular weight excluding hydrogens is 278 g/mol. The number of epoxide rings is 1. The lowest BCUT2D eigenvalue weighted by atomic mass is 9.96. The van der Waals surface area contributed by atoms with E-state index in [1.54, 1.807) is 0 Å². The second-order valence-corrected chi connectivity index (χ2v) is 5.33. The van der Waals surface area contributed by atoms with Gasteiger partial charge in [-0.3, -0.25) is 0 Å². The zero-order valence-electron chi connectivity index (χ0n) is 12.3. The van der Waals surface area contributed by atoms with Crippen molar-refractivity contribution in [1.29, 1.82) is 0 Å². The van der Waals surface area contributed by atoms with E-state index < -0.39 is 6.09 Å². The molecule has 1 heterocycles. The van der Waals surface area contributed by atoms with Gasteiger partial charge in [-0.2, -0.15) is 0 Å². The third kappa shape index (κ3) is 4.09. The van der Waals surface area contributed by atoms with E-state index in [2.05, 4.69) is 17.4 Å². The molecule has 4 nitrogen and oxygen atoms in total. The van der Waals surface area contributed by atoms with E-state index in [-0.39, 0.29) is 18.6 Å². The Hall–Kier alpha value is -2.33. The fourth-order valence-electron chi connectivity index (χ4n) is 2.42. The molecular formula is C18H19NO3. The molecule has 0 saturated carbocycles. The van der Waals surface area contributed by atoms with Gasteiger partial charge in [0.05, 0.1) is 12.7 Å². The average Bonchev–Trinajstić information content (AvgIpc) is 3.40. The number of hydrogen-bond acceptors (Lipinski definition) is 3. The van der Waals surface area contributed by atoms with Crippen LogP contribution in [0.15, 0.2) is 60.7 Å². The molecule has 2 aromatic rings. The van der Waals surface area contributed by atoms with Crippen molar-refractivity contribution in [2.24, 2.45) is 0 Å².